The summed E-state index contributed by atoms with van der Waals surface area (Å²) >= 11 is 1.42. The van der Waals surface area contributed by atoms with Crippen molar-refractivity contribution in [2.45, 2.75) is 38.3 Å². The summed E-state index contributed by atoms with van der Waals surface area (Å²) in [6, 6.07) is 10.3. The lowest BCUT2D eigenvalue weighted by atomic mass is 10.1. The predicted octanol–water partition coefficient (Wildman–Crippen LogP) is 4.09. The molecule has 2 atom stereocenters. The van der Waals surface area contributed by atoms with E-state index in [-0.39, 0.29) is 23.8 Å². The number of hydrogen-bond donors (Lipinski definition) is 2. The van der Waals surface area contributed by atoms with Gasteiger partial charge in [0.2, 0.25) is 0 Å². The van der Waals surface area contributed by atoms with E-state index in [1.54, 1.807) is 23.1 Å². The number of amides is 1. The molecule has 2 aromatic heterocycles. The van der Waals surface area contributed by atoms with Gasteiger partial charge in [0.15, 0.2) is 5.13 Å². The van der Waals surface area contributed by atoms with Gasteiger partial charge >= 0.3 is 0 Å². The highest BCUT2D eigenvalue weighted by atomic mass is 32.1. The quantitative estimate of drug-likeness (QED) is 0.492. The molecule has 4 aromatic rings. The molecular formula is C22H21FN6OS. The minimum atomic E-state index is -0.268. The van der Waals surface area contributed by atoms with Gasteiger partial charge in [0.1, 0.15) is 5.82 Å². The van der Waals surface area contributed by atoms with Crippen molar-refractivity contribution in [2.24, 2.45) is 0 Å². The van der Waals surface area contributed by atoms with Gasteiger partial charge in [-0.1, -0.05) is 28.2 Å². The van der Waals surface area contributed by atoms with Gasteiger partial charge in [0.05, 0.1) is 33.9 Å². The normalized spacial score (nSPS) is 18.4. The topological polar surface area (TPSA) is 84.7 Å². The molecule has 1 saturated carbocycles. The van der Waals surface area contributed by atoms with Crippen LogP contribution < -0.4 is 10.6 Å². The van der Waals surface area contributed by atoms with Crippen LogP contribution in [0.25, 0.3) is 15.9 Å². The molecule has 1 amide bonds. The van der Waals surface area contributed by atoms with Crippen molar-refractivity contribution < 1.29 is 9.18 Å². The van der Waals surface area contributed by atoms with Crippen molar-refractivity contribution in [1.82, 2.24) is 25.3 Å². The van der Waals surface area contributed by atoms with E-state index in [0.717, 1.165) is 40.2 Å². The third kappa shape index (κ3) is 4.00. The van der Waals surface area contributed by atoms with Gasteiger partial charge in [-0.2, -0.15) is 0 Å². The summed E-state index contributed by atoms with van der Waals surface area (Å²) in [7, 11) is 0. The first-order chi connectivity index (χ1) is 15.1. The van der Waals surface area contributed by atoms with E-state index in [0.29, 0.717) is 11.3 Å². The Morgan fingerprint density at radius 3 is 2.90 bits per heavy atom. The molecule has 2 heterocycles. The molecule has 7 nitrogen and oxygen atoms in total. The number of aromatic nitrogens is 4. The largest absolute Gasteiger partial charge is 0.357 e. The standard InChI is InChI=1S/C22H21FN6OS/c1-13-5-8-19(29-10-9-24-28-29)15(11-13)21(30)25-16-3-2-4-17(16)26-22-27-18-7-6-14(23)12-20(18)31-22/h5-12,16-17H,2-4H2,1H3,(H,25,30)(H,26,27)/t16-,17-/m1/s1. The molecule has 9 heteroatoms. The minimum Gasteiger partial charge on any atom is -0.357 e. The van der Waals surface area contributed by atoms with Gasteiger partial charge in [-0.25, -0.2) is 14.1 Å². The van der Waals surface area contributed by atoms with E-state index in [9.17, 15) is 9.18 Å². The summed E-state index contributed by atoms with van der Waals surface area (Å²) in [6.07, 6.45) is 6.12. The third-order valence-electron chi connectivity index (χ3n) is 5.56. The fourth-order valence-electron chi connectivity index (χ4n) is 4.04. The average molecular weight is 437 g/mol. The zero-order valence-electron chi connectivity index (χ0n) is 16.9. The number of nitrogens with one attached hydrogen (secondary N) is 2. The lowest BCUT2D eigenvalue weighted by Crippen LogP contribution is -2.43. The van der Waals surface area contributed by atoms with Gasteiger partial charge in [0.25, 0.3) is 5.91 Å². The molecule has 1 aliphatic carbocycles. The van der Waals surface area contributed by atoms with Crippen molar-refractivity contribution in [1.29, 1.82) is 0 Å². The molecule has 0 saturated heterocycles. The number of aryl methyl sites for hydroxylation is 1. The van der Waals surface area contributed by atoms with Crippen molar-refractivity contribution in [3.63, 3.8) is 0 Å². The monoisotopic (exact) mass is 436 g/mol. The van der Waals surface area contributed by atoms with Gasteiger partial charge in [-0.15, -0.1) is 5.10 Å². The van der Waals surface area contributed by atoms with Gasteiger partial charge < -0.3 is 10.6 Å². The highest BCUT2D eigenvalue weighted by Gasteiger charge is 2.30. The molecule has 1 aliphatic rings. The van der Waals surface area contributed by atoms with Crippen LogP contribution in [0.5, 0.6) is 0 Å². The van der Waals surface area contributed by atoms with Crippen LogP contribution in [-0.2, 0) is 0 Å². The van der Waals surface area contributed by atoms with Crippen molar-refractivity contribution in [3.8, 4) is 5.69 Å². The Morgan fingerprint density at radius 2 is 2.06 bits per heavy atom. The van der Waals surface area contributed by atoms with Gasteiger partial charge in [-0.05, 0) is 56.5 Å². The predicted molar refractivity (Wildman–Crippen MR) is 118 cm³/mol. The second kappa shape index (κ2) is 8.07. The number of nitrogens with zero attached hydrogens (tertiary/aromatic N) is 4. The Morgan fingerprint density at radius 1 is 1.19 bits per heavy atom. The maximum absolute atomic E-state index is 13.5. The van der Waals surface area contributed by atoms with Crippen LogP contribution >= 0.6 is 11.3 Å². The zero-order valence-corrected chi connectivity index (χ0v) is 17.7. The molecule has 0 unspecified atom stereocenters. The summed E-state index contributed by atoms with van der Waals surface area (Å²) in [4.78, 5) is 17.7. The van der Waals surface area contributed by atoms with E-state index < -0.39 is 0 Å². The lowest BCUT2D eigenvalue weighted by molar-refractivity contribution is 0.0935. The Kier molecular flexibility index (Phi) is 5.11. The number of halogens is 1. The number of rotatable bonds is 5. The van der Waals surface area contributed by atoms with Crippen LogP contribution in [0.1, 0.15) is 35.2 Å². The molecule has 158 valence electrons. The van der Waals surface area contributed by atoms with E-state index >= 15 is 0 Å². The smallest absolute Gasteiger partial charge is 0.253 e. The fraction of sp³-hybridized carbons (Fsp3) is 0.273. The third-order valence-corrected chi connectivity index (χ3v) is 6.51. The molecule has 2 aromatic carbocycles. The fourth-order valence-corrected chi connectivity index (χ4v) is 4.99. The zero-order chi connectivity index (χ0) is 21.4. The maximum atomic E-state index is 13.5. The minimum absolute atomic E-state index is 0.0274. The number of anilines is 1. The Labute approximate surface area is 182 Å². The molecule has 0 radical (unpaired) electrons. The maximum Gasteiger partial charge on any atom is 0.253 e. The molecule has 2 N–H and O–H groups in total. The Balaban J connectivity index is 1.34. The van der Waals surface area contributed by atoms with Crippen molar-refractivity contribution >= 4 is 32.6 Å². The van der Waals surface area contributed by atoms with Crippen LogP contribution in [0, 0.1) is 12.7 Å². The lowest BCUT2D eigenvalue weighted by Gasteiger charge is -2.22. The molecule has 5 rings (SSSR count). The molecule has 0 spiro atoms. The van der Waals surface area contributed by atoms with Crippen LogP contribution in [0.2, 0.25) is 0 Å². The molecule has 0 bridgehead atoms. The second-order valence-corrected chi connectivity index (χ2v) is 8.79. The van der Waals surface area contributed by atoms with Gasteiger partial charge in [-0.3, -0.25) is 4.79 Å². The molecular weight excluding hydrogens is 415 g/mol. The first kappa shape index (κ1) is 19.6. The Bertz CT molecular complexity index is 1240. The number of thiazole rings is 1. The van der Waals surface area contributed by atoms with E-state index in [1.807, 2.05) is 25.1 Å². The summed E-state index contributed by atoms with van der Waals surface area (Å²) in [5.41, 5.74) is 3.02. The first-order valence-corrected chi connectivity index (χ1v) is 11.0. The number of fused-ring (bicyclic) bond motifs is 1. The molecule has 1 fully saturated rings. The average Bonchev–Trinajstić information content (AvgIpc) is 3.49. The van der Waals surface area contributed by atoms with Crippen LogP contribution in [-0.4, -0.2) is 38.0 Å². The summed E-state index contributed by atoms with van der Waals surface area (Å²) in [5, 5.41) is 15.3. The van der Waals surface area contributed by atoms with Gasteiger partial charge in [0, 0.05) is 12.1 Å². The van der Waals surface area contributed by atoms with E-state index in [1.165, 1.54) is 23.5 Å². The van der Waals surface area contributed by atoms with Crippen LogP contribution in [0.4, 0.5) is 9.52 Å². The number of carbonyl (C=O) groups is 1. The molecule has 0 aliphatic heterocycles. The number of hydrogen-bond acceptors (Lipinski definition) is 6. The summed E-state index contributed by atoms with van der Waals surface area (Å²) in [6.45, 7) is 1.96. The molecule has 31 heavy (non-hydrogen) atoms. The second-order valence-electron chi connectivity index (χ2n) is 7.76. The highest BCUT2D eigenvalue weighted by molar-refractivity contribution is 7.22. The van der Waals surface area contributed by atoms with Crippen molar-refractivity contribution in [2.75, 3.05) is 5.32 Å². The highest BCUT2D eigenvalue weighted by Crippen LogP contribution is 2.30. The van der Waals surface area contributed by atoms with Crippen LogP contribution in [0.3, 0.4) is 0 Å². The van der Waals surface area contributed by atoms with Crippen LogP contribution in [0.15, 0.2) is 48.8 Å². The van der Waals surface area contributed by atoms with E-state index in [4.69, 9.17) is 0 Å². The van der Waals surface area contributed by atoms with Crippen molar-refractivity contribution in [3.05, 3.63) is 65.7 Å². The number of carbonyl (C=O) groups excluding carboxylic acids is 1. The Hall–Kier alpha value is -3.33. The first-order valence-electron chi connectivity index (χ1n) is 10.2. The summed E-state index contributed by atoms with van der Waals surface area (Å²) < 4.78 is 15.9. The van der Waals surface area contributed by atoms with E-state index in [2.05, 4.69) is 25.9 Å². The summed E-state index contributed by atoms with van der Waals surface area (Å²) in [5.74, 6) is -0.408. The number of benzene rings is 2. The SMILES string of the molecule is Cc1ccc(-n2ccnn2)c(C(=O)N[C@@H]2CCC[C@H]2Nc2nc3ccc(F)cc3s2)c1.